The molecule has 40 heavy (non-hydrogen) atoms. The highest BCUT2D eigenvalue weighted by atomic mass is 79.9. The van der Waals surface area contributed by atoms with Crippen molar-refractivity contribution in [3.63, 3.8) is 0 Å². The second-order valence-electron chi connectivity index (χ2n) is 8.51. The van der Waals surface area contributed by atoms with Crippen LogP contribution in [0.1, 0.15) is 32.6 Å². The number of rotatable bonds is 10. The highest BCUT2D eigenvalue weighted by Gasteiger charge is 2.30. The maximum atomic E-state index is 13.0. The Balaban J connectivity index is 1.41. The van der Waals surface area contributed by atoms with Crippen LogP contribution in [0.2, 0.25) is 0 Å². The van der Waals surface area contributed by atoms with Gasteiger partial charge in [0.1, 0.15) is 19.0 Å². The predicted octanol–water partition coefficient (Wildman–Crippen LogP) is 7.40. The minimum Gasteiger partial charge on any atom is -0.493 e. The molecule has 1 amide bonds. The summed E-state index contributed by atoms with van der Waals surface area (Å²) in [6.45, 7) is 0.604. The summed E-state index contributed by atoms with van der Waals surface area (Å²) in [6.07, 6.45) is -3.20. The second-order valence-corrected chi connectivity index (χ2v) is 9.42. The van der Waals surface area contributed by atoms with Gasteiger partial charge in [0, 0.05) is 15.6 Å². The number of hydrazone groups is 1. The molecular formula is C30H24BrF3N2O4. The number of ether oxygens (including phenoxy) is 3. The van der Waals surface area contributed by atoms with Crippen LogP contribution < -0.4 is 19.6 Å². The number of alkyl halides is 3. The van der Waals surface area contributed by atoms with Crippen LogP contribution >= 0.6 is 15.9 Å². The van der Waals surface area contributed by atoms with Gasteiger partial charge in [-0.25, -0.2) is 5.43 Å². The molecule has 0 heterocycles. The molecular weight excluding hydrogens is 589 g/mol. The van der Waals surface area contributed by atoms with E-state index in [0.29, 0.717) is 29.4 Å². The fraction of sp³-hybridized carbons (Fsp3) is 0.133. The van der Waals surface area contributed by atoms with Gasteiger partial charge >= 0.3 is 6.18 Å². The van der Waals surface area contributed by atoms with E-state index < -0.39 is 17.6 Å². The minimum absolute atomic E-state index is 0.164. The van der Waals surface area contributed by atoms with E-state index in [4.69, 9.17) is 14.2 Å². The van der Waals surface area contributed by atoms with E-state index in [-0.39, 0.29) is 12.2 Å². The molecule has 0 aliphatic carbocycles. The van der Waals surface area contributed by atoms with Crippen molar-refractivity contribution in [3.05, 3.63) is 123 Å². The molecule has 0 spiro atoms. The van der Waals surface area contributed by atoms with E-state index in [1.54, 1.807) is 25.3 Å². The standard InChI is InChI=1S/C30H24BrF3N2O4/c1-38-28-14-21(10-12-27(28)40-18-20-6-3-2-4-7-20)19-39-26-13-11-25(31)16-23(26)17-35-36-29(37)22-8-5-9-24(15-22)30(32,33)34/h2-17H,18-19H2,1H3,(H,36,37)/b35-17+. The third-order valence-corrected chi connectivity index (χ3v) is 6.15. The van der Waals surface area contributed by atoms with Crippen molar-refractivity contribution in [1.29, 1.82) is 0 Å². The van der Waals surface area contributed by atoms with Crippen LogP contribution in [0.3, 0.4) is 0 Å². The molecule has 0 fully saturated rings. The van der Waals surface area contributed by atoms with Gasteiger partial charge in [0.05, 0.1) is 18.9 Å². The fourth-order valence-corrected chi connectivity index (χ4v) is 4.01. The maximum Gasteiger partial charge on any atom is 0.416 e. The van der Waals surface area contributed by atoms with Crippen LogP contribution in [0, 0.1) is 0 Å². The van der Waals surface area contributed by atoms with Crippen molar-refractivity contribution in [1.82, 2.24) is 5.43 Å². The number of methoxy groups -OCH3 is 1. The first-order chi connectivity index (χ1) is 19.2. The average Bonchev–Trinajstić information content (AvgIpc) is 2.96. The van der Waals surface area contributed by atoms with Gasteiger partial charge in [-0.15, -0.1) is 0 Å². The first-order valence-corrected chi connectivity index (χ1v) is 12.8. The van der Waals surface area contributed by atoms with Crippen molar-refractivity contribution < 1.29 is 32.2 Å². The van der Waals surface area contributed by atoms with Gasteiger partial charge < -0.3 is 14.2 Å². The average molecular weight is 613 g/mol. The van der Waals surface area contributed by atoms with Crippen molar-refractivity contribution in [2.24, 2.45) is 5.10 Å². The Labute approximate surface area is 237 Å². The summed E-state index contributed by atoms with van der Waals surface area (Å²) in [7, 11) is 1.56. The van der Waals surface area contributed by atoms with Gasteiger partial charge in [-0.1, -0.05) is 58.4 Å². The molecule has 4 aromatic carbocycles. The number of carbonyl (C=O) groups excluding carboxylic acids is 1. The number of nitrogens with one attached hydrogen (secondary N) is 1. The van der Waals surface area contributed by atoms with Crippen molar-refractivity contribution in [3.8, 4) is 17.2 Å². The largest absolute Gasteiger partial charge is 0.493 e. The summed E-state index contributed by atoms with van der Waals surface area (Å²) in [5.74, 6) is 0.861. The normalized spacial score (nSPS) is 11.3. The van der Waals surface area contributed by atoms with Crippen LogP contribution in [0.15, 0.2) is 101 Å². The van der Waals surface area contributed by atoms with Gasteiger partial charge in [-0.2, -0.15) is 18.3 Å². The lowest BCUT2D eigenvalue weighted by Crippen LogP contribution is -2.18. The van der Waals surface area contributed by atoms with Crippen LogP contribution in [0.4, 0.5) is 13.2 Å². The third kappa shape index (κ3) is 7.86. The number of nitrogens with zero attached hydrogens (tertiary/aromatic N) is 1. The number of benzene rings is 4. The van der Waals surface area contributed by atoms with Crippen molar-refractivity contribution >= 4 is 28.1 Å². The number of carbonyl (C=O) groups is 1. The molecule has 4 rings (SSSR count). The minimum atomic E-state index is -4.55. The summed E-state index contributed by atoms with van der Waals surface area (Å²) < 4.78 is 57.0. The molecule has 0 saturated carbocycles. The molecule has 0 unspecified atom stereocenters. The van der Waals surface area contributed by atoms with Gasteiger partial charge in [-0.05, 0) is 59.7 Å². The molecule has 10 heteroatoms. The molecule has 206 valence electrons. The molecule has 0 aliphatic rings. The Morgan fingerprint density at radius 3 is 2.33 bits per heavy atom. The van der Waals surface area contributed by atoms with Crippen LogP contribution in [-0.4, -0.2) is 19.2 Å². The van der Waals surface area contributed by atoms with E-state index >= 15 is 0 Å². The lowest BCUT2D eigenvalue weighted by molar-refractivity contribution is -0.137. The highest BCUT2D eigenvalue weighted by molar-refractivity contribution is 9.10. The van der Waals surface area contributed by atoms with E-state index in [1.165, 1.54) is 18.3 Å². The maximum absolute atomic E-state index is 13.0. The molecule has 0 radical (unpaired) electrons. The van der Waals surface area contributed by atoms with E-state index in [1.807, 2.05) is 48.5 Å². The van der Waals surface area contributed by atoms with Crippen LogP contribution in [0.25, 0.3) is 0 Å². The quantitative estimate of drug-likeness (QED) is 0.150. The predicted molar refractivity (Wildman–Crippen MR) is 149 cm³/mol. The molecule has 0 aromatic heterocycles. The van der Waals surface area contributed by atoms with E-state index in [0.717, 1.165) is 27.7 Å². The highest BCUT2D eigenvalue weighted by Crippen LogP contribution is 2.31. The molecule has 6 nitrogen and oxygen atoms in total. The summed E-state index contributed by atoms with van der Waals surface area (Å²) in [5, 5.41) is 3.91. The number of hydrogen-bond acceptors (Lipinski definition) is 5. The monoisotopic (exact) mass is 612 g/mol. The Morgan fingerprint density at radius 1 is 0.850 bits per heavy atom. The molecule has 0 saturated heterocycles. The zero-order valence-electron chi connectivity index (χ0n) is 21.2. The van der Waals surface area contributed by atoms with Gasteiger partial charge in [0.2, 0.25) is 0 Å². The Bertz CT molecular complexity index is 1490. The Kier molecular flexibility index (Phi) is 9.44. The summed E-state index contributed by atoms with van der Waals surface area (Å²) in [5.41, 5.74) is 3.57. The lowest BCUT2D eigenvalue weighted by Gasteiger charge is -2.14. The number of halogens is 4. The number of hydrogen-bond donors (Lipinski definition) is 1. The molecule has 0 aliphatic heterocycles. The second kappa shape index (κ2) is 13.2. The SMILES string of the molecule is COc1cc(COc2ccc(Br)cc2/C=N/NC(=O)c2cccc(C(F)(F)F)c2)ccc1OCc1ccccc1. The molecule has 0 atom stereocenters. The zero-order valence-corrected chi connectivity index (χ0v) is 22.8. The van der Waals surface area contributed by atoms with Crippen molar-refractivity contribution in [2.45, 2.75) is 19.4 Å². The zero-order chi connectivity index (χ0) is 28.5. The fourth-order valence-electron chi connectivity index (χ4n) is 3.63. The van der Waals surface area contributed by atoms with Gasteiger partial charge in [0.25, 0.3) is 5.91 Å². The Hall–Kier alpha value is -4.31. The molecule has 4 aromatic rings. The smallest absolute Gasteiger partial charge is 0.416 e. The van der Waals surface area contributed by atoms with Crippen molar-refractivity contribution in [2.75, 3.05) is 7.11 Å². The Morgan fingerprint density at radius 2 is 1.57 bits per heavy atom. The number of amides is 1. The first-order valence-electron chi connectivity index (χ1n) is 12.0. The van der Waals surface area contributed by atoms with Crippen LogP contribution in [-0.2, 0) is 19.4 Å². The molecule has 1 N–H and O–H groups in total. The molecule has 0 bridgehead atoms. The first kappa shape index (κ1) is 28.7. The van der Waals surface area contributed by atoms with E-state index in [2.05, 4.69) is 26.5 Å². The van der Waals surface area contributed by atoms with Gasteiger partial charge in [-0.3, -0.25) is 4.79 Å². The lowest BCUT2D eigenvalue weighted by atomic mass is 10.1. The third-order valence-electron chi connectivity index (χ3n) is 5.65. The van der Waals surface area contributed by atoms with Gasteiger partial charge in [0.15, 0.2) is 11.5 Å². The summed E-state index contributed by atoms with van der Waals surface area (Å²) in [4.78, 5) is 12.3. The van der Waals surface area contributed by atoms with Crippen LogP contribution in [0.5, 0.6) is 17.2 Å². The topological polar surface area (TPSA) is 69.2 Å². The summed E-state index contributed by atoms with van der Waals surface area (Å²) in [6, 6.07) is 24.6. The van der Waals surface area contributed by atoms with E-state index in [9.17, 15) is 18.0 Å². The summed E-state index contributed by atoms with van der Waals surface area (Å²) >= 11 is 3.39.